The SMILES string of the molecule is c1ccc(-c2ccc3c(c2)oc2c(-c4ccccc4)ccc(N(c4ccc5oc6ccccc6c5c4)c4ccc5sc6c(-c7ccccc7)cccc6c5c4)c23)cc1. The van der Waals surface area contributed by atoms with Crippen LogP contribution in [-0.2, 0) is 0 Å². The zero-order valence-electron chi connectivity index (χ0n) is 31.2. The number of anilines is 3. The molecule has 0 saturated heterocycles. The summed E-state index contributed by atoms with van der Waals surface area (Å²) in [5, 5.41) is 6.79. The molecule has 0 N–H and O–H groups in total. The van der Waals surface area contributed by atoms with Crippen molar-refractivity contribution in [2.24, 2.45) is 0 Å². The number of para-hydroxylation sites is 1. The van der Waals surface area contributed by atoms with Crippen LogP contribution in [0.5, 0.6) is 0 Å². The molecule has 3 nitrogen and oxygen atoms in total. The Balaban J connectivity index is 1.14. The number of benzene rings is 9. The molecule has 12 rings (SSSR count). The minimum atomic E-state index is 0.852. The van der Waals surface area contributed by atoms with Gasteiger partial charge in [0.2, 0.25) is 0 Å². The maximum atomic E-state index is 7.01. The smallest absolute Gasteiger partial charge is 0.145 e. The monoisotopic (exact) mass is 759 g/mol. The molecule has 0 saturated carbocycles. The average molecular weight is 760 g/mol. The topological polar surface area (TPSA) is 29.5 Å². The van der Waals surface area contributed by atoms with Gasteiger partial charge in [-0.2, -0.15) is 0 Å². The number of furan rings is 2. The minimum Gasteiger partial charge on any atom is -0.456 e. The number of nitrogens with zero attached hydrogens (tertiary/aromatic N) is 1. The van der Waals surface area contributed by atoms with E-state index >= 15 is 0 Å². The molecule has 272 valence electrons. The van der Waals surface area contributed by atoms with Crippen LogP contribution in [0.2, 0.25) is 0 Å². The lowest BCUT2D eigenvalue weighted by Gasteiger charge is -2.27. The number of hydrogen-bond acceptors (Lipinski definition) is 4. The molecule has 0 aliphatic carbocycles. The second-order valence-corrected chi connectivity index (χ2v) is 15.9. The van der Waals surface area contributed by atoms with Gasteiger partial charge in [0.15, 0.2) is 0 Å². The summed E-state index contributed by atoms with van der Waals surface area (Å²) in [5.74, 6) is 0. The lowest BCUT2D eigenvalue weighted by molar-refractivity contribution is 0.669. The molecule has 58 heavy (non-hydrogen) atoms. The summed E-state index contributed by atoms with van der Waals surface area (Å²) in [5.41, 5.74) is 13.5. The molecular weight excluding hydrogens is 727 g/mol. The average Bonchev–Trinajstić information content (AvgIpc) is 3.98. The summed E-state index contributed by atoms with van der Waals surface area (Å²) in [6, 6.07) is 71.4. The predicted octanol–water partition coefficient (Wildman–Crippen LogP) is 16.3. The van der Waals surface area contributed by atoms with Gasteiger partial charge in [-0.25, -0.2) is 0 Å². The molecule has 3 aromatic heterocycles. The van der Waals surface area contributed by atoms with Gasteiger partial charge in [0.05, 0.1) is 11.1 Å². The van der Waals surface area contributed by atoms with Crippen molar-refractivity contribution < 1.29 is 8.83 Å². The van der Waals surface area contributed by atoms with E-state index in [1.165, 1.54) is 31.3 Å². The van der Waals surface area contributed by atoms with Crippen molar-refractivity contribution in [3.63, 3.8) is 0 Å². The zero-order chi connectivity index (χ0) is 38.2. The van der Waals surface area contributed by atoms with Crippen molar-refractivity contribution in [2.45, 2.75) is 0 Å². The van der Waals surface area contributed by atoms with E-state index in [9.17, 15) is 0 Å². The Morgan fingerprint density at radius 1 is 0.362 bits per heavy atom. The van der Waals surface area contributed by atoms with Crippen LogP contribution < -0.4 is 4.90 Å². The van der Waals surface area contributed by atoms with Gasteiger partial charge >= 0.3 is 0 Å². The molecular formula is C54H33NO2S. The fourth-order valence-electron chi connectivity index (χ4n) is 8.75. The minimum absolute atomic E-state index is 0.852. The number of fused-ring (bicyclic) bond motifs is 9. The Hall–Kier alpha value is -7.40. The van der Waals surface area contributed by atoms with E-state index in [0.29, 0.717) is 0 Å². The van der Waals surface area contributed by atoms with E-state index in [1.807, 2.05) is 23.5 Å². The molecule has 0 amide bonds. The zero-order valence-corrected chi connectivity index (χ0v) is 32.0. The lowest BCUT2D eigenvalue weighted by Crippen LogP contribution is -2.10. The predicted molar refractivity (Wildman–Crippen MR) is 245 cm³/mol. The first kappa shape index (κ1) is 32.8. The molecule has 0 unspecified atom stereocenters. The largest absolute Gasteiger partial charge is 0.456 e. The standard InChI is InChI=1S/C54H33NO2S/c1-4-13-34(14-5-1)37-23-26-44-50(31-37)57-53-40(35-15-6-2-7-16-35)27-28-47(52(44)53)55(38-24-29-49-45(32-38)42-19-10-11-22-48(42)56-49)39-25-30-51-46(33-39)43-21-12-20-41(54(43)58-51)36-17-8-3-9-18-36/h1-33H. The van der Waals surface area contributed by atoms with Crippen LogP contribution >= 0.6 is 11.3 Å². The van der Waals surface area contributed by atoms with Crippen LogP contribution in [0, 0.1) is 0 Å². The number of hydrogen-bond donors (Lipinski definition) is 0. The summed E-state index contributed by atoms with van der Waals surface area (Å²) in [7, 11) is 0. The third-order valence-electron chi connectivity index (χ3n) is 11.5. The van der Waals surface area contributed by atoms with E-state index in [-0.39, 0.29) is 0 Å². The number of rotatable bonds is 6. The van der Waals surface area contributed by atoms with Gasteiger partial charge in [0, 0.05) is 53.3 Å². The molecule has 0 spiro atoms. The maximum Gasteiger partial charge on any atom is 0.145 e. The molecule has 12 aromatic rings. The summed E-state index contributed by atoms with van der Waals surface area (Å²) in [6.07, 6.45) is 0. The van der Waals surface area contributed by atoms with Gasteiger partial charge in [-0.15, -0.1) is 11.3 Å². The van der Waals surface area contributed by atoms with Gasteiger partial charge in [-0.1, -0.05) is 133 Å². The van der Waals surface area contributed by atoms with E-state index in [0.717, 1.165) is 83.2 Å². The Bertz CT molecular complexity index is 3510. The molecule has 9 aromatic carbocycles. The molecule has 0 aliphatic rings. The van der Waals surface area contributed by atoms with Gasteiger partial charge in [-0.05, 0) is 94.5 Å². The third-order valence-corrected chi connectivity index (χ3v) is 12.7. The van der Waals surface area contributed by atoms with Crippen LogP contribution in [0.3, 0.4) is 0 Å². The van der Waals surface area contributed by atoms with Crippen LogP contribution in [0.1, 0.15) is 0 Å². The van der Waals surface area contributed by atoms with Crippen molar-refractivity contribution >= 4 is 92.4 Å². The quantitative estimate of drug-likeness (QED) is 0.169. The first-order valence-electron chi connectivity index (χ1n) is 19.6. The van der Waals surface area contributed by atoms with E-state index in [1.54, 1.807) is 0 Å². The third kappa shape index (κ3) is 5.19. The number of thiophene rings is 1. The molecule has 4 heteroatoms. The van der Waals surface area contributed by atoms with Gasteiger partial charge in [0.1, 0.15) is 22.3 Å². The first-order valence-corrected chi connectivity index (χ1v) is 20.4. The summed E-state index contributed by atoms with van der Waals surface area (Å²) >= 11 is 1.86. The van der Waals surface area contributed by atoms with Crippen molar-refractivity contribution in [1.82, 2.24) is 0 Å². The highest BCUT2D eigenvalue weighted by Crippen LogP contribution is 2.49. The first-order chi connectivity index (χ1) is 28.7. The fourth-order valence-corrected chi connectivity index (χ4v) is 9.97. The van der Waals surface area contributed by atoms with E-state index < -0.39 is 0 Å². The van der Waals surface area contributed by atoms with Crippen molar-refractivity contribution in [3.05, 3.63) is 200 Å². The molecule has 0 radical (unpaired) electrons. The van der Waals surface area contributed by atoms with Crippen LogP contribution in [0.15, 0.2) is 209 Å². The van der Waals surface area contributed by atoms with Gasteiger partial charge in [-0.3, -0.25) is 0 Å². The summed E-state index contributed by atoms with van der Waals surface area (Å²) in [4.78, 5) is 2.41. The van der Waals surface area contributed by atoms with Crippen LogP contribution in [0.4, 0.5) is 17.1 Å². The highest BCUT2D eigenvalue weighted by molar-refractivity contribution is 7.26. The summed E-state index contributed by atoms with van der Waals surface area (Å²) < 4.78 is 15.9. The maximum absolute atomic E-state index is 7.01. The second kappa shape index (κ2) is 13.1. The fraction of sp³-hybridized carbons (Fsp3) is 0. The molecule has 0 fully saturated rings. The molecule has 0 aliphatic heterocycles. The molecule has 0 atom stereocenters. The van der Waals surface area contributed by atoms with Crippen LogP contribution in [0.25, 0.3) is 97.4 Å². The van der Waals surface area contributed by atoms with Gasteiger partial charge in [0.25, 0.3) is 0 Å². The summed E-state index contributed by atoms with van der Waals surface area (Å²) in [6.45, 7) is 0. The Labute approximate surface area is 338 Å². The normalized spacial score (nSPS) is 11.8. The Kier molecular flexibility index (Phi) is 7.40. The molecule has 0 bridgehead atoms. The highest BCUT2D eigenvalue weighted by atomic mass is 32.1. The van der Waals surface area contributed by atoms with Crippen LogP contribution in [-0.4, -0.2) is 0 Å². The Morgan fingerprint density at radius 2 is 1.02 bits per heavy atom. The van der Waals surface area contributed by atoms with Crippen molar-refractivity contribution in [2.75, 3.05) is 4.90 Å². The Morgan fingerprint density at radius 3 is 1.81 bits per heavy atom. The van der Waals surface area contributed by atoms with Gasteiger partial charge < -0.3 is 13.7 Å². The molecule has 3 heterocycles. The van der Waals surface area contributed by atoms with Crippen molar-refractivity contribution in [3.8, 4) is 33.4 Å². The van der Waals surface area contributed by atoms with E-state index in [4.69, 9.17) is 8.83 Å². The lowest BCUT2D eigenvalue weighted by atomic mass is 9.98. The second-order valence-electron chi connectivity index (χ2n) is 14.8. The highest BCUT2D eigenvalue weighted by Gasteiger charge is 2.24. The van der Waals surface area contributed by atoms with E-state index in [2.05, 4.69) is 193 Å². The van der Waals surface area contributed by atoms with Crippen molar-refractivity contribution in [1.29, 1.82) is 0 Å².